The van der Waals surface area contributed by atoms with E-state index in [1.54, 1.807) is 12.1 Å². The lowest BCUT2D eigenvalue weighted by Crippen LogP contribution is -2.47. The van der Waals surface area contributed by atoms with E-state index in [2.05, 4.69) is 10.6 Å². The number of fused-ring (bicyclic) bond motifs is 1. The maximum atomic E-state index is 12.6. The molecule has 0 aliphatic carbocycles. The summed E-state index contributed by atoms with van der Waals surface area (Å²) in [6.07, 6.45) is 0.523. The predicted molar refractivity (Wildman–Crippen MR) is 105 cm³/mol. The number of carboxylic acid groups (broad SMARTS) is 1. The van der Waals surface area contributed by atoms with Crippen LogP contribution in [0.25, 0.3) is 0 Å². The normalized spacial score (nSPS) is 19.5. The first-order valence-electron chi connectivity index (χ1n) is 8.43. The molecule has 2 aromatic carbocycles. The minimum Gasteiger partial charge on any atom is -0.480 e. The van der Waals surface area contributed by atoms with Crippen LogP contribution < -0.4 is 16.4 Å². The lowest BCUT2D eigenvalue weighted by molar-refractivity contribution is -0.138. The number of carbonyl (C=O) groups excluding carboxylic acids is 1. The number of carboxylic acids is 1. The molecule has 0 saturated carbocycles. The number of amides is 1. The highest BCUT2D eigenvalue weighted by atomic mass is 35.5. The molecule has 0 spiro atoms. The molecule has 6 nitrogen and oxygen atoms in total. The van der Waals surface area contributed by atoms with Gasteiger partial charge >= 0.3 is 5.97 Å². The number of anilines is 1. The summed E-state index contributed by atoms with van der Waals surface area (Å²) < 4.78 is 0. The highest BCUT2D eigenvalue weighted by Crippen LogP contribution is 2.39. The van der Waals surface area contributed by atoms with Crippen molar-refractivity contribution < 1.29 is 14.7 Å². The average Bonchev–Trinajstić information content (AvgIpc) is 2.61. The number of benzene rings is 2. The number of hydrogen-bond donors (Lipinski definition) is 4. The van der Waals surface area contributed by atoms with Gasteiger partial charge < -0.3 is 21.5 Å². The zero-order chi connectivity index (χ0) is 19.6. The summed E-state index contributed by atoms with van der Waals surface area (Å²) in [5, 5.41) is 15.9. The topological polar surface area (TPSA) is 104 Å². The molecule has 3 atom stereocenters. The van der Waals surface area contributed by atoms with Crippen LogP contribution in [0.5, 0.6) is 0 Å². The molecule has 0 saturated heterocycles. The molecule has 0 aromatic heterocycles. The Hall–Kier alpha value is -2.28. The Bertz CT molecular complexity index is 861. The van der Waals surface area contributed by atoms with E-state index in [-0.39, 0.29) is 12.3 Å². The van der Waals surface area contributed by atoms with Crippen LogP contribution in [0.2, 0.25) is 10.0 Å². The summed E-state index contributed by atoms with van der Waals surface area (Å²) in [5.41, 5.74) is 8.09. The highest BCUT2D eigenvalue weighted by molar-refractivity contribution is 6.35. The van der Waals surface area contributed by atoms with Crippen LogP contribution in [-0.4, -0.2) is 29.1 Å². The van der Waals surface area contributed by atoms with Crippen LogP contribution in [0.3, 0.4) is 0 Å². The van der Waals surface area contributed by atoms with Crippen LogP contribution in [0.15, 0.2) is 42.5 Å². The standard InChI is InChI=1S/C19H19Cl2N3O3/c20-11-7-12(21)17-14(8-11)23-16(19(26)27)9-15(17)24-18(25)13(22)6-10-4-2-1-3-5-10/h1-5,7-8,13,15-16,23H,6,9,22H2,(H,24,25)(H,26,27)/t13-,15+,16-/m0/s1. The Balaban J connectivity index is 1.80. The molecule has 1 amide bonds. The summed E-state index contributed by atoms with van der Waals surface area (Å²) >= 11 is 12.3. The first-order chi connectivity index (χ1) is 12.8. The highest BCUT2D eigenvalue weighted by Gasteiger charge is 2.34. The first kappa shape index (κ1) is 19.5. The van der Waals surface area contributed by atoms with E-state index >= 15 is 0 Å². The third-order valence-electron chi connectivity index (χ3n) is 4.49. The Morgan fingerprint density at radius 3 is 2.63 bits per heavy atom. The molecule has 0 unspecified atom stereocenters. The van der Waals surface area contributed by atoms with Crippen LogP contribution in [0.1, 0.15) is 23.6 Å². The lowest BCUT2D eigenvalue weighted by atomic mass is 9.92. The molecule has 8 heteroatoms. The largest absolute Gasteiger partial charge is 0.480 e. The van der Waals surface area contributed by atoms with Gasteiger partial charge in [0.05, 0.1) is 12.1 Å². The molecule has 142 valence electrons. The van der Waals surface area contributed by atoms with Gasteiger partial charge in [-0.15, -0.1) is 0 Å². The Kier molecular flexibility index (Phi) is 5.89. The number of nitrogens with one attached hydrogen (secondary N) is 2. The minimum absolute atomic E-state index is 0.146. The number of nitrogens with two attached hydrogens (primary N) is 1. The van der Waals surface area contributed by atoms with Gasteiger partial charge in [0.15, 0.2) is 0 Å². The monoisotopic (exact) mass is 407 g/mol. The van der Waals surface area contributed by atoms with E-state index in [4.69, 9.17) is 28.9 Å². The molecule has 5 N–H and O–H groups in total. The molecule has 1 heterocycles. The third-order valence-corrected chi connectivity index (χ3v) is 5.02. The van der Waals surface area contributed by atoms with Crippen molar-refractivity contribution in [1.29, 1.82) is 0 Å². The smallest absolute Gasteiger partial charge is 0.326 e. The number of rotatable bonds is 5. The van der Waals surface area contributed by atoms with Crippen LogP contribution >= 0.6 is 23.2 Å². The molecule has 1 aliphatic rings. The maximum absolute atomic E-state index is 12.6. The zero-order valence-corrected chi connectivity index (χ0v) is 15.8. The van der Waals surface area contributed by atoms with E-state index in [9.17, 15) is 14.7 Å². The summed E-state index contributed by atoms with van der Waals surface area (Å²) in [6, 6.07) is 10.4. The van der Waals surface area contributed by atoms with Crippen molar-refractivity contribution >= 4 is 40.8 Å². The van der Waals surface area contributed by atoms with E-state index in [1.165, 1.54) is 0 Å². The second kappa shape index (κ2) is 8.17. The van der Waals surface area contributed by atoms with Gasteiger partial charge in [-0.05, 0) is 24.1 Å². The molecular weight excluding hydrogens is 389 g/mol. The van der Waals surface area contributed by atoms with Gasteiger partial charge in [-0.2, -0.15) is 0 Å². The summed E-state index contributed by atoms with van der Waals surface area (Å²) in [5.74, 6) is -1.39. The number of carbonyl (C=O) groups is 2. The fraction of sp³-hybridized carbons (Fsp3) is 0.263. The molecule has 1 aliphatic heterocycles. The molecule has 0 bridgehead atoms. The van der Waals surface area contributed by atoms with Crippen molar-refractivity contribution in [3.63, 3.8) is 0 Å². The van der Waals surface area contributed by atoms with Crippen molar-refractivity contribution in [3.05, 3.63) is 63.6 Å². The van der Waals surface area contributed by atoms with Gasteiger partial charge in [-0.25, -0.2) is 4.79 Å². The van der Waals surface area contributed by atoms with Gasteiger partial charge in [0.25, 0.3) is 0 Å². The number of halogens is 2. The second-order valence-corrected chi connectivity index (χ2v) is 7.32. The van der Waals surface area contributed by atoms with Gasteiger partial charge in [0.2, 0.25) is 5.91 Å². The Morgan fingerprint density at radius 1 is 1.26 bits per heavy atom. The van der Waals surface area contributed by atoms with Crippen molar-refractivity contribution in [2.75, 3.05) is 5.32 Å². The SMILES string of the molecule is N[C@@H](Cc1ccccc1)C(=O)N[C@@H]1C[C@@H](C(=O)O)Nc2cc(Cl)cc(Cl)c21. The number of hydrogen-bond acceptors (Lipinski definition) is 4. The van der Waals surface area contributed by atoms with Gasteiger partial charge in [-0.3, -0.25) is 4.79 Å². The van der Waals surface area contributed by atoms with E-state index in [0.717, 1.165) is 5.56 Å². The summed E-state index contributed by atoms with van der Waals surface area (Å²) in [7, 11) is 0. The average molecular weight is 408 g/mol. The fourth-order valence-electron chi connectivity index (χ4n) is 3.19. The molecule has 2 aromatic rings. The molecule has 3 rings (SSSR count). The lowest BCUT2D eigenvalue weighted by Gasteiger charge is -2.33. The van der Waals surface area contributed by atoms with Crippen LogP contribution in [0, 0.1) is 0 Å². The first-order valence-corrected chi connectivity index (χ1v) is 9.19. The van der Waals surface area contributed by atoms with Crippen molar-refractivity contribution in [2.45, 2.75) is 31.0 Å². The van der Waals surface area contributed by atoms with Crippen molar-refractivity contribution in [3.8, 4) is 0 Å². The molecule has 27 heavy (non-hydrogen) atoms. The number of aliphatic carboxylic acids is 1. The van der Waals surface area contributed by atoms with Gasteiger partial charge in [0, 0.05) is 27.7 Å². The fourth-order valence-corrected chi connectivity index (χ4v) is 3.82. The Labute approximate surface area is 166 Å². The zero-order valence-electron chi connectivity index (χ0n) is 14.3. The quantitative estimate of drug-likeness (QED) is 0.609. The van der Waals surface area contributed by atoms with E-state index in [1.807, 2.05) is 30.3 Å². The Morgan fingerprint density at radius 2 is 1.96 bits per heavy atom. The summed E-state index contributed by atoms with van der Waals surface area (Å²) in [4.78, 5) is 24.1. The second-order valence-electron chi connectivity index (χ2n) is 6.48. The molecular formula is C19H19Cl2N3O3. The van der Waals surface area contributed by atoms with E-state index in [0.29, 0.717) is 27.7 Å². The summed E-state index contributed by atoms with van der Waals surface area (Å²) in [6.45, 7) is 0. The van der Waals surface area contributed by atoms with Gasteiger partial charge in [0.1, 0.15) is 6.04 Å². The maximum Gasteiger partial charge on any atom is 0.326 e. The minimum atomic E-state index is -1.02. The van der Waals surface area contributed by atoms with Crippen molar-refractivity contribution in [1.82, 2.24) is 5.32 Å². The van der Waals surface area contributed by atoms with E-state index < -0.39 is 24.1 Å². The third kappa shape index (κ3) is 4.53. The van der Waals surface area contributed by atoms with Gasteiger partial charge in [-0.1, -0.05) is 53.5 Å². The predicted octanol–water partition coefficient (Wildman–Crippen LogP) is 2.99. The molecule has 0 radical (unpaired) electrons. The van der Waals surface area contributed by atoms with Crippen molar-refractivity contribution in [2.24, 2.45) is 5.73 Å². The molecule has 0 fully saturated rings. The van der Waals surface area contributed by atoms with Crippen LogP contribution in [-0.2, 0) is 16.0 Å². The van der Waals surface area contributed by atoms with Crippen LogP contribution in [0.4, 0.5) is 5.69 Å².